The van der Waals surface area contributed by atoms with Crippen LogP contribution < -0.4 is 10.4 Å². The minimum absolute atomic E-state index is 0.332. The van der Waals surface area contributed by atoms with Crippen molar-refractivity contribution < 1.29 is 0 Å². The average molecular weight is 172 g/mol. The quantitative estimate of drug-likeness (QED) is 0.561. The highest BCUT2D eigenvalue weighted by atomic mass is 14.2. The Hall–Kier alpha value is -1.04. The molecular formula is C13H16. The smallest absolute Gasteiger partial charge is 0.0131 e. The fourth-order valence-corrected chi connectivity index (χ4v) is 1.90. The number of rotatable bonds is 0. The van der Waals surface area contributed by atoms with E-state index >= 15 is 0 Å². The zero-order valence-electron chi connectivity index (χ0n) is 8.59. The van der Waals surface area contributed by atoms with Crippen molar-refractivity contribution in [2.75, 3.05) is 0 Å². The van der Waals surface area contributed by atoms with Crippen LogP contribution in [0.25, 0.3) is 12.2 Å². The molecule has 1 aliphatic rings. The normalized spacial score (nSPS) is 18.4. The Morgan fingerprint density at radius 2 is 2.00 bits per heavy atom. The van der Waals surface area contributed by atoms with E-state index in [2.05, 4.69) is 51.1 Å². The van der Waals surface area contributed by atoms with Gasteiger partial charge in [0.05, 0.1) is 0 Å². The lowest BCUT2D eigenvalue weighted by Gasteiger charge is -2.21. The van der Waals surface area contributed by atoms with E-state index in [0.29, 0.717) is 5.41 Å². The highest BCUT2D eigenvalue weighted by molar-refractivity contribution is 5.45. The van der Waals surface area contributed by atoms with Crippen LogP contribution in [-0.2, 0) is 0 Å². The lowest BCUT2D eigenvalue weighted by atomic mass is 9.84. The second kappa shape index (κ2) is 2.73. The molecule has 0 atom stereocenters. The van der Waals surface area contributed by atoms with Gasteiger partial charge in [0.25, 0.3) is 0 Å². The summed E-state index contributed by atoms with van der Waals surface area (Å²) >= 11 is 0. The monoisotopic (exact) mass is 172 g/mol. The van der Waals surface area contributed by atoms with Crippen molar-refractivity contribution in [2.45, 2.75) is 27.2 Å². The number of fused-ring (bicyclic) bond motifs is 1. The second-order valence-electron chi connectivity index (χ2n) is 4.62. The zero-order valence-corrected chi connectivity index (χ0v) is 8.59. The molecule has 0 nitrogen and oxygen atoms in total. The lowest BCUT2D eigenvalue weighted by molar-refractivity contribution is 0.534. The first-order valence-corrected chi connectivity index (χ1v) is 4.87. The Morgan fingerprint density at radius 1 is 1.23 bits per heavy atom. The van der Waals surface area contributed by atoms with Crippen LogP contribution in [0, 0.1) is 12.3 Å². The molecule has 1 aromatic rings. The van der Waals surface area contributed by atoms with Gasteiger partial charge < -0.3 is 0 Å². The topological polar surface area (TPSA) is 0 Å². The van der Waals surface area contributed by atoms with E-state index in [-0.39, 0.29) is 0 Å². The minimum Gasteiger partial charge on any atom is -0.0758 e. The number of aryl methyl sites for hydroxylation is 1. The molecule has 0 heterocycles. The third-order valence-electron chi connectivity index (χ3n) is 2.74. The molecule has 0 saturated heterocycles. The first-order chi connectivity index (χ1) is 6.08. The van der Waals surface area contributed by atoms with Crippen LogP contribution in [0.15, 0.2) is 18.2 Å². The first-order valence-electron chi connectivity index (χ1n) is 4.87. The molecule has 0 spiro atoms. The fourth-order valence-electron chi connectivity index (χ4n) is 1.90. The molecule has 13 heavy (non-hydrogen) atoms. The maximum absolute atomic E-state index is 2.40. The van der Waals surface area contributed by atoms with Crippen molar-refractivity contribution in [1.82, 2.24) is 0 Å². The Morgan fingerprint density at radius 3 is 2.77 bits per heavy atom. The van der Waals surface area contributed by atoms with Crippen molar-refractivity contribution in [3.63, 3.8) is 0 Å². The third kappa shape index (κ3) is 1.53. The number of hydrogen-bond donors (Lipinski definition) is 0. The zero-order chi connectivity index (χ0) is 9.47. The first kappa shape index (κ1) is 8.55. The van der Waals surface area contributed by atoms with Gasteiger partial charge in [-0.15, -0.1) is 0 Å². The molecule has 1 aromatic carbocycles. The summed E-state index contributed by atoms with van der Waals surface area (Å²) in [6.45, 7) is 6.77. The standard InChI is InChI=1S/C13H16/c1-10-5-4-6-11-7-8-13(2,3)9-12(10)11/h4-7,9H,8H2,1-3H3. The molecule has 68 valence electrons. The van der Waals surface area contributed by atoms with Crippen LogP contribution in [0.3, 0.4) is 0 Å². The maximum atomic E-state index is 2.40. The van der Waals surface area contributed by atoms with Gasteiger partial charge in [-0.05, 0) is 34.8 Å². The molecule has 1 aliphatic carbocycles. The highest BCUT2D eigenvalue weighted by Gasteiger charge is 2.15. The van der Waals surface area contributed by atoms with Crippen LogP contribution in [-0.4, -0.2) is 0 Å². The van der Waals surface area contributed by atoms with Gasteiger partial charge in [0.15, 0.2) is 0 Å². The summed E-state index contributed by atoms with van der Waals surface area (Å²) in [7, 11) is 0. The fraction of sp³-hybridized carbons (Fsp3) is 0.385. The third-order valence-corrected chi connectivity index (χ3v) is 2.74. The molecule has 0 N–H and O–H groups in total. The van der Waals surface area contributed by atoms with Gasteiger partial charge in [0, 0.05) is 0 Å². The van der Waals surface area contributed by atoms with E-state index in [1.807, 2.05) is 0 Å². The highest BCUT2D eigenvalue weighted by Crippen LogP contribution is 2.23. The molecule has 0 amide bonds. The summed E-state index contributed by atoms with van der Waals surface area (Å²) in [5, 5.41) is 2.83. The summed E-state index contributed by atoms with van der Waals surface area (Å²) in [5.74, 6) is 0. The molecule has 0 unspecified atom stereocenters. The second-order valence-corrected chi connectivity index (χ2v) is 4.62. The van der Waals surface area contributed by atoms with Crippen LogP contribution in [0.5, 0.6) is 0 Å². The molecule has 2 rings (SSSR count). The van der Waals surface area contributed by atoms with Gasteiger partial charge in [-0.3, -0.25) is 0 Å². The van der Waals surface area contributed by atoms with E-state index in [1.165, 1.54) is 16.0 Å². The molecule has 0 fully saturated rings. The lowest BCUT2D eigenvalue weighted by Crippen LogP contribution is -2.33. The van der Waals surface area contributed by atoms with Crippen LogP contribution in [0.1, 0.15) is 25.8 Å². The van der Waals surface area contributed by atoms with E-state index < -0.39 is 0 Å². The predicted molar refractivity (Wildman–Crippen MR) is 57.8 cm³/mol. The molecule has 0 radical (unpaired) electrons. The Balaban J connectivity index is 2.79. The van der Waals surface area contributed by atoms with Crippen LogP contribution in [0.4, 0.5) is 0 Å². The van der Waals surface area contributed by atoms with Gasteiger partial charge in [-0.25, -0.2) is 0 Å². The van der Waals surface area contributed by atoms with Gasteiger partial charge in [-0.1, -0.05) is 44.2 Å². The van der Waals surface area contributed by atoms with Gasteiger partial charge in [-0.2, -0.15) is 0 Å². The molecule has 0 aromatic heterocycles. The maximum Gasteiger partial charge on any atom is -0.0131 e. The predicted octanol–water partition coefficient (Wildman–Crippen LogP) is 1.99. The van der Waals surface area contributed by atoms with E-state index in [4.69, 9.17) is 0 Å². The summed E-state index contributed by atoms with van der Waals surface area (Å²) < 4.78 is 0. The summed E-state index contributed by atoms with van der Waals surface area (Å²) in [6.07, 6.45) is 5.91. The molecule has 0 saturated carbocycles. The molecular weight excluding hydrogens is 156 g/mol. The van der Waals surface area contributed by atoms with Gasteiger partial charge in [0.2, 0.25) is 0 Å². The minimum atomic E-state index is 0.332. The van der Waals surface area contributed by atoms with Crippen molar-refractivity contribution in [2.24, 2.45) is 5.41 Å². The molecule has 0 bridgehead atoms. The Kier molecular flexibility index (Phi) is 1.80. The van der Waals surface area contributed by atoms with Crippen molar-refractivity contribution >= 4 is 12.2 Å². The van der Waals surface area contributed by atoms with Crippen molar-refractivity contribution in [1.29, 1.82) is 0 Å². The van der Waals surface area contributed by atoms with E-state index in [0.717, 1.165) is 6.42 Å². The van der Waals surface area contributed by atoms with E-state index in [1.54, 1.807) is 0 Å². The van der Waals surface area contributed by atoms with Gasteiger partial charge >= 0.3 is 0 Å². The average Bonchev–Trinajstić information content (AvgIpc) is 2.06. The van der Waals surface area contributed by atoms with Crippen LogP contribution in [0.2, 0.25) is 0 Å². The Bertz CT molecular complexity index is 436. The molecule has 0 heteroatoms. The van der Waals surface area contributed by atoms with E-state index in [9.17, 15) is 0 Å². The SMILES string of the molecule is Cc1cccc2c1=CC(C)(C)CC=2. The van der Waals surface area contributed by atoms with Crippen LogP contribution >= 0.6 is 0 Å². The number of hydrogen-bond acceptors (Lipinski definition) is 0. The summed E-state index contributed by atoms with van der Waals surface area (Å²) in [4.78, 5) is 0. The largest absolute Gasteiger partial charge is 0.0758 e. The van der Waals surface area contributed by atoms with Crippen molar-refractivity contribution in [3.8, 4) is 0 Å². The summed E-state index contributed by atoms with van der Waals surface area (Å²) in [5.41, 5.74) is 1.72. The summed E-state index contributed by atoms with van der Waals surface area (Å²) in [6, 6.07) is 6.52. The molecule has 0 aliphatic heterocycles. The van der Waals surface area contributed by atoms with Gasteiger partial charge in [0.1, 0.15) is 0 Å². The number of benzene rings is 1. The Labute approximate surface area is 79.6 Å². The van der Waals surface area contributed by atoms with Crippen molar-refractivity contribution in [3.05, 3.63) is 34.2 Å².